The van der Waals surface area contributed by atoms with Gasteiger partial charge in [-0.2, -0.15) is 0 Å². The molecule has 5 nitrogen and oxygen atoms in total. The number of nitrogens with zero attached hydrogens (tertiary/aromatic N) is 3. The number of unbranched alkanes of at least 4 members (excludes halogenated alkanes) is 1. The SMILES string of the molecule is Cn1c2c(c3ccccc31)CN(CCCCNC(=O)c1ccc(-c3cccnc3)cc1)CC2. The van der Waals surface area contributed by atoms with Gasteiger partial charge in [0, 0.05) is 67.7 Å². The number of rotatable bonds is 7. The number of fused-ring (bicyclic) bond motifs is 3. The van der Waals surface area contributed by atoms with Crippen molar-refractivity contribution in [3.63, 3.8) is 0 Å². The molecule has 0 saturated heterocycles. The Labute approximate surface area is 195 Å². The van der Waals surface area contributed by atoms with Crippen LogP contribution in [0.25, 0.3) is 22.0 Å². The summed E-state index contributed by atoms with van der Waals surface area (Å²) in [6, 6.07) is 20.4. The smallest absolute Gasteiger partial charge is 0.251 e. The highest BCUT2D eigenvalue weighted by molar-refractivity contribution is 5.94. The van der Waals surface area contributed by atoms with Crippen LogP contribution in [0.3, 0.4) is 0 Å². The Bertz CT molecular complexity index is 1240. The molecule has 1 amide bonds. The van der Waals surface area contributed by atoms with E-state index >= 15 is 0 Å². The molecule has 2 aromatic carbocycles. The summed E-state index contributed by atoms with van der Waals surface area (Å²) in [7, 11) is 2.19. The highest BCUT2D eigenvalue weighted by atomic mass is 16.1. The van der Waals surface area contributed by atoms with Crippen molar-refractivity contribution < 1.29 is 4.79 Å². The van der Waals surface area contributed by atoms with Gasteiger partial charge in [0.05, 0.1) is 0 Å². The van der Waals surface area contributed by atoms with Crippen molar-refractivity contribution in [2.24, 2.45) is 7.05 Å². The van der Waals surface area contributed by atoms with Gasteiger partial charge in [0.1, 0.15) is 0 Å². The van der Waals surface area contributed by atoms with Gasteiger partial charge in [0.15, 0.2) is 0 Å². The van der Waals surface area contributed by atoms with Crippen molar-refractivity contribution in [2.45, 2.75) is 25.8 Å². The van der Waals surface area contributed by atoms with Crippen LogP contribution in [0.15, 0.2) is 73.1 Å². The van der Waals surface area contributed by atoms with E-state index < -0.39 is 0 Å². The summed E-state index contributed by atoms with van der Waals surface area (Å²) in [5.41, 5.74) is 7.12. The lowest BCUT2D eigenvalue weighted by atomic mass is 10.0. The molecule has 0 bridgehead atoms. The fourth-order valence-corrected chi connectivity index (χ4v) is 4.89. The number of benzene rings is 2. The average molecular weight is 439 g/mol. The topological polar surface area (TPSA) is 50.2 Å². The van der Waals surface area contributed by atoms with Gasteiger partial charge >= 0.3 is 0 Å². The van der Waals surface area contributed by atoms with E-state index in [9.17, 15) is 4.79 Å². The van der Waals surface area contributed by atoms with Crippen LogP contribution in [0, 0.1) is 0 Å². The molecule has 0 aliphatic carbocycles. The van der Waals surface area contributed by atoms with Crippen LogP contribution in [0.5, 0.6) is 0 Å². The first-order valence-electron chi connectivity index (χ1n) is 11.8. The maximum absolute atomic E-state index is 12.5. The lowest BCUT2D eigenvalue weighted by Gasteiger charge is -2.27. The predicted molar refractivity (Wildman–Crippen MR) is 133 cm³/mol. The first-order valence-corrected chi connectivity index (χ1v) is 11.8. The molecule has 1 N–H and O–H groups in total. The van der Waals surface area contributed by atoms with E-state index in [1.54, 1.807) is 6.20 Å². The Hall–Kier alpha value is -3.44. The van der Waals surface area contributed by atoms with Gasteiger partial charge < -0.3 is 9.88 Å². The first-order chi connectivity index (χ1) is 16.2. The summed E-state index contributed by atoms with van der Waals surface area (Å²) in [4.78, 5) is 19.2. The Morgan fingerprint density at radius 2 is 1.85 bits per heavy atom. The Balaban J connectivity index is 1.08. The van der Waals surface area contributed by atoms with E-state index in [0.29, 0.717) is 12.1 Å². The number of aromatic nitrogens is 2. The number of carbonyl (C=O) groups excluding carboxylic acids is 1. The van der Waals surface area contributed by atoms with E-state index in [4.69, 9.17) is 0 Å². The minimum atomic E-state index is -0.00823. The van der Waals surface area contributed by atoms with E-state index in [1.807, 2.05) is 42.6 Å². The monoisotopic (exact) mass is 438 g/mol. The number of hydrogen-bond acceptors (Lipinski definition) is 3. The molecule has 0 atom stereocenters. The zero-order valence-electron chi connectivity index (χ0n) is 19.1. The molecule has 5 rings (SSSR count). The highest BCUT2D eigenvalue weighted by Crippen LogP contribution is 2.30. The highest BCUT2D eigenvalue weighted by Gasteiger charge is 2.22. The van der Waals surface area contributed by atoms with Crippen LogP contribution in [0.2, 0.25) is 0 Å². The van der Waals surface area contributed by atoms with Crippen molar-refractivity contribution in [1.82, 2.24) is 19.8 Å². The molecule has 3 heterocycles. The Morgan fingerprint density at radius 1 is 1.00 bits per heavy atom. The van der Waals surface area contributed by atoms with Gasteiger partial charge in [-0.15, -0.1) is 0 Å². The molecule has 0 unspecified atom stereocenters. The van der Waals surface area contributed by atoms with Crippen molar-refractivity contribution in [3.05, 3.63) is 89.9 Å². The number of aryl methyl sites for hydroxylation is 1. The van der Waals surface area contributed by atoms with E-state index in [-0.39, 0.29) is 5.91 Å². The lowest BCUT2D eigenvalue weighted by molar-refractivity contribution is 0.0952. The quantitative estimate of drug-likeness (QED) is 0.421. The summed E-state index contributed by atoms with van der Waals surface area (Å²) >= 11 is 0. The zero-order valence-corrected chi connectivity index (χ0v) is 19.1. The third-order valence-corrected chi connectivity index (χ3v) is 6.72. The minimum absolute atomic E-state index is 0.00823. The fourth-order valence-electron chi connectivity index (χ4n) is 4.89. The molecule has 2 aromatic heterocycles. The molecule has 0 radical (unpaired) electrons. The van der Waals surface area contributed by atoms with E-state index in [2.05, 4.69) is 51.1 Å². The van der Waals surface area contributed by atoms with Crippen molar-refractivity contribution in [1.29, 1.82) is 0 Å². The molecule has 1 aliphatic heterocycles. The summed E-state index contributed by atoms with van der Waals surface area (Å²) in [5.74, 6) is -0.00823. The van der Waals surface area contributed by atoms with Crippen molar-refractivity contribution >= 4 is 16.8 Å². The zero-order chi connectivity index (χ0) is 22.6. The normalized spacial score (nSPS) is 13.7. The minimum Gasteiger partial charge on any atom is -0.352 e. The molecular formula is C28H30N4O. The molecule has 0 saturated carbocycles. The second-order valence-corrected chi connectivity index (χ2v) is 8.81. The van der Waals surface area contributed by atoms with Crippen LogP contribution in [-0.2, 0) is 20.0 Å². The van der Waals surface area contributed by atoms with Crippen molar-refractivity contribution in [2.75, 3.05) is 19.6 Å². The second kappa shape index (κ2) is 9.59. The van der Waals surface area contributed by atoms with Crippen LogP contribution in [0.4, 0.5) is 0 Å². The molecule has 0 spiro atoms. The van der Waals surface area contributed by atoms with Gasteiger partial charge in [-0.25, -0.2) is 0 Å². The molecule has 33 heavy (non-hydrogen) atoms. The molecular weight excluding hydrogens is 408 g/mol. The summed E-state index contributed by atoms with van der Waals surface area (Å²) in [5, 5.41) is 4.46. The van der Waals surface area contributed by atoms with Gasteiger partial charge in [0.25, 0.3) is 5.91 Å². The molecule has 168 valence electrons. The number of hydrogen-bond donors (Lipinski definition) is 1. The van der Waals surface area contributed by atoms with Gasteiger partial charge in [-0.1, -0.05) is 36.4 Å². The molecule has 1 aliphatic rings. The van der Waals surface area contributed by atoms with Crippen LogP contribution in [-0.4, -0.2) is 40.0 Å². The predicted octanol–water partition coefficient (Wildman–Crippen LogP) is 4.81. The second-order valence-electron chi connectivity index (χ2n) is 8.81. The Kier molecular flexibility index (Phi) is 6.22. The summed E-state index contributed by atoms with van der Waals surface area (Å²) < 4.78 is 2.36. The lowest BCUT2D eigenvalue weighted by Crippen LogP contribution is -2.32. The standard InChI is InChI=1S/C28H30N4O/c1-31-26-9-3-2-8-24(26)25-20-32(18-14-27(25)31)17-5-4-16-30-28(33)22-12-10-21(11-13-22)23-7-6-15-29-19-23/h2-3,6-13,15,19H,4-5,14,16-18,20H2,1H3,(H,30,33). The first kappa shape index (κ1) is 21.4. The average Bonchev–Trinajstić information content (AvgIpc) is 3.16. The van der Waals surface area contributed by atoms with Gasteiger partial charge in [-0.05, 0) is 60.3 Å². The maximum Gasteiger partial charge on any atom is 0.251 e. The fraction of sp³-hybridized carbons (Fsp3) is 0.286. The van der Waals surface area contributed by atoms with Crippen LogP contribution < -0.4 is 5.32 Å². The summed E-state index contributed by atoms with van der Waals surface area (Å²) in [6.45, 7) is 3.90. The van der Waals surface area contributed by atoms with Crippen LogP contribution >= 0.6 is 0 Å². The van der Waals surface area contributed by atoms with E-state index in [1.165, 1.54) is 22.2 Å². The number of carbonyl (C=O) groups is 1. The maximum atomic E-state index is 12.5. The molecule has 0 fully saturated rings. The van der Waals surface area contributed by atoms with Crippen molar-refractivity contribution in [3.8, 4) is 11.1 Å². The van der Waals surface area contributed by atoms with Crippen LogP contribution in [0.1, 0.15) is 34.5 Å². The largest absolute Gasteiger partial charge is 0.352 e. The van der Waals surface area contributed by atoms with Gasteiger partial charge in [-0.3, -0.25) is 14.7 Å². The number of pyridine rings is 1. The summed E-state index contributed by atoms with van der Waals surface area (Å²) in [6.07, 6.45) is 6.76. The molecule has 5 heteroatoms. The number of amides is 1. The number of para-hydroxylation sites is 1. The molecule has 4 aromatic rings. The Morgan fingerprint density at radius 3 is 2.67 bits per heavy atom. The van der Waals surface area contributed by atoms with Gasteiger partial charge in [0.2, 0.25) is 0 Å². The third-order valence-electron chi connectivity index (χ3n) is 6.72. The van der Waals surface area contributed by atoms with E-state index in [0.717, 1.165) is 50.0 Å². The third kappa shape index (κ3) is 4.55. The number of nitrogens with one attached hydrogen (secondary N) is 1.